The molecule has 0 aliphatic heterocycles. The first-order valence-electron chi connectivity index (χ1n) is 7.96. The molecule has 126 valence electrons. The number of para-hydroxylation sites is 1. The van der Waals surface area contributed by atoms with Crippen LogP contribution in [0.1, 0.15) is 11.3 Å². The number of likely N-dealkylation sites (N-methyl/N-ethyl adjacent to an activating group) is 1. The van der Waals surface area contributed by atoms with Gasteiger partial charge >= 0.3 is 0 Å². The molecule has 1 N–H and O–H groups in total. The number of hydrogen-bond donors (Lipinski definition) is 1. The third-order valence-electron chi connectivity index (χ3n) is 4.35. The Labute approximate surface area is 139 Å². The zero-order valence-electron chi connectivity index (χ0n) is 14.5. The minimum atomic E-state index is -0.129. The Morgan fingerprint density at radius 2 is 1.83 bits per heavy atom. The molecule has 1 aromatic carbocycles. The average Bonchev–Trinajstić information content (AvgIpc) is 2.84. The number of pyridine rings is 1. The largest absolute Gasteiger partial charge is 0.311 e. The number of nitrogens with zero attached hydrogens (tertiary/aromatic N) is 3. The molecule has 0 spiro atoms. The summed E-state index contributed by atoms with van der Waals surface area (Å²) in [4.78, 5) is 27.3. The summed E-state index contributed by atoms with van der Waals surface area (Å²) >= 11 is 0. The third kappa shape index (κ3) is 2.69. The maximum atomic E-state index is 12.9. The van der Waals surface area contributed by atoms with Crippen LogP contribution in [-0.2, 0) is 6.54 Å². The molecule has 0 unspecified atom stereocenters. The number of fused-ring (bicyclic) bond motifs is 1. The highest BCUT2D eigenvalue weighted by Crippen LogP contribution is 2.15. The van der Waals surface area contributed by atoms with Crippen molar-refractivity contribution in [2.24, 2.45) is 0 Å². The molecule has 0 saturated heterocycles. The van der Waals surface area contributed by atoms with Gasteiger partial charge < -0.3 is 9.47 Å². The Balaban J connectivity index is 2.23. The normalized spacial score (nSPS) is 11.5. The fraction of sp³-hybridized carbons (Fsp3) is 0.333. The predicted molar refractivity (Wildman–Crippen MR) is 96.2 cm³/mol. The lowest BCUT2D eigenvalue weighted by Gasteiger charge is -2.13. The monoisotopic (exact) mass is 326 g/mol. The summed E-state index contributed by atoms with van der Waals surface area (Å²) in [5, 5.41) is 3.64. The zero-order chi connectivity index (χ0) is 17.4. The van der Waals surface area contributed by atoms with E-state index in [-0.39, 0.29) is 11.1 Å². The van der Waals surface area contributed by atoms with Gasteiger partial charge in [0.15, 0.2) is 0 Å². The van der Waals surface area contributed by atoms with E-state index in [0.717, 1.165) is 17.8 Å². The molecule has 3 rings (SSSR count). The van der Waals surface area contributed by atoms with Gasteiger partial charge in [-0.15, -0.1) is 0 Å². The number of aromatic nitrogens is 3. The van der Waals surface area contributed by atoms with E-state index in [0.29, 0.717) is 23.1 Å². The smallest absolute Gasteiger partial charge is 0.280 e. The molecule has 24 heavy (non-hydrogen) atoms. The average molecular weight is 326 g/mol. The van der Waals surface area contributed by atoms with E-state index >= 15 is 0 Å². The SMILES string of the molecule is Cc1ccccc1-n1[nH]c2cc(=O)n(CCN(C)C)c(C)c2c1=O. The lowest BCUT2D eigenvalue weighted by molar-refractivity contribution is 0.379. The van der Waals surface area contributed by atoms with E-state index in [1.807, 2.05) is 57.1 Å². The van der Waals surface area contributed by atoms with Gasteiger partial charge in [0.1, 0.15) is 0 Å². The molecule has 0 bridgehead atoms. The van der Waals surface area contributed by atoms with E-state index < -0.39 is 0 Å². The maximum absolute atomic E-state index is 12.9. The molecular weight excluding hydrogens is 304 g/mol. The van der Waals surface area contributed by atoms with Gasteiger partial charge in [-0.1, -0.05) is 18.2 Å². The van der Waals surface area contributed by atoms with Crippen LogP contribution in [0.3, 0.4) is 0 Å². The standard InChI is InChI=1S/C18H22N4O2/c1-12-7-5-6-8-15(12)22-18(24)17-13(2)21(10-9-20(3)4)16(23)11-14(17)19-22/h5-8,11,19H,9-10H2,1-4H3. The van der Waals surface area contributed by atoms with Crippen molar-refractivity contribution >= 4 is 10.9 Å². The van der Waals surface area contributed by atoms with Crippen LogP contribution in [0, 0.1) is 13.8 Å². The van der Waals surface area contributed by atoms with Crippen molar-refractivity contribution < 1.29 is 0 Å². The Bertz CT molecular complexity index is 1010. The van der Waals surface area contributed by atoms with Gasteiger partial charge in [-0.2, -0.15) is 0 Å². The second-order valence-corrected chi connectivity index (χ2v) is 6.35. The summed E-state index contributed by atoms with van der Waals surface area (Å²) in [5.41, 5.74) is 2.84. The minimum absolute atomic E-state index is 0.0972. The topological polar surface area (TPSA) is 63.0 Å². The van der Waals surface area contributed by atoms with Gasteiger partial charge in [0, 0.05) is 24.8 Å². The van der Waals surface area contributed by atoms with Crippen LogP contribution in [0.2, 0.25) is 0 Å². The van der Waals surface area contributed by atoms with Crippen molar-refractivity contribution in [1.29, 1.82) is 0 Å². The molecule has 0 fully saturated rings. The van der Waals surface area contributed by atoms with Crippen LogP contribution >= 0.6 is 0 Å². The van der Waals surface area contributed by atoms with Gasteiger partial charge in [0.25, 0.3) is 11.1 Å². The second-order valence-electron chi connectivity index (χ2n) is 6.35. The molecule has 6 nitrogen and oxygen atoms in total. The molecule has 2 aromatic heterocycles. The van der Waals surface area contributed by atoms with Gasteiger partial charge in [0.2, 0.25) is 0 Å². The first-order chi connectivity index (χ1) is 11.4. The van der Waals surface area contributed by atoms with Crippen LogP contribution in [0.5, 0.6) is 0 Å². The Morgan fingerprint density at radius 3 is 2.50 bits per heavy atom. The lowest BCUT2D eigenvalue weighted by Crippen LogP contribution is -2.28. The van der Waals surface area contributed by atoms with E-state index in [4.69, 9.17) is 0 Å². The summed E-state index contributed by atoms with van der Waals surface area (Å²) in [7, 11) is 3.92. The van der Waals surface area contributed by atoms with Crippen molar-refractivity contribution in [3.05, 3.63) is 62.3 Å². The first-order valence-corrected chi connectivity index (χ1v) is 7.96. The quantitative estimate of drug-likeness (QED) is 0.793. The van der Waals surface area contributed by atoms with E-state index in [2.05, 4.69) is 5.10 Å². The molecule has 0 aliphatic rings. The number of H-pyrrole nitrogens is 1. The molecule has 0 amide bonds. The maximum Gasteiger partial charge on any atom is 0.280 e. The van der Waals surface area contributed by atoms with Crippen LogP contribution in [0.15, 0.2) is 39.9 Å². The van der Waals surface area contributed by atoms with Crippen molar-refractivity contribution in [2.45, 2.75) is 20.4 Å². The van der Waals surface area contributed by atoms with Gasteiger partial charge in [-0.3, -0.25) is 14.7 Å². The van der Waals surface area contributed by atoms with Gasteiger partial charge in [-0.05, 0) is 39.6 Å². The van der Waals surface area contributed by atoms with Crippen molar-refractivity contribution in [1.82, 2.24) is 19.2 Å². The molecule has 0 aliphatic carbocycles. The van der Waals surface area contributed by atoms with Crippen LogP contribution in [0.4, 0.5) is 0 Å². The fourth-order valence-electron chi connectivity index (χ4n) is 2.97. The molecule has 3 aromatic rings. The summed E-state index contributed by atoms with van der Waals surface area (Å²) in [6.45, 7) is 5.08. The third-order valence-corrected chi connectivity index (χ3v) is 4.35. The summed E-state index contributed by atoms with van der Waals surface area (Å²) < 4.78 is 3.18. The van der Waals surface area contributed by atoms with Crippen molar-refractivity contribution in [3.8, 4) is 5.69 Å². The summed E-state index contributed by atoms with van der Waals surface area (Å²) in [6, 6.07) is 9.18. The minimum Gasteiger partial charge on any atom is -0.311 e. The molecule has 6 heteroatoms. The van der Waals surface area contributed by atoms with Crippen LogP contribution in [0.25, 0.3) is 16.6 Å². The van der Waals surface area contributed by atoms with Gasteiger partial charge in [0.05, 0.1) is 16.6 Å². The highest BCUT2D eigenvalue weighted by atomic mass is 16.1. The molecule has 0 radical (unpaired) electrons. The van der Waals surface area contributed by atoms with E-state index in [9.17, 15) is 9.59 Å². The number of aryl methyl sites for hydroxylation is 2. The van der Waals surface area contributed by atoms with Crippen LogP contribution < -0.4 is 11.1 Å². The summed E-state index contributed by atoms with van der Waals surface area (Å²) in [6.07, 6.45) is 0. The Hall–Kier alpha value is -2.60. The number of nitrogens with one attached hydrogen (secondary N) is 1. The zero-order valence-corrected chi connectivity index (χ0v) is 14.5. The predicted octanol–water partition coefficient (Wildman–Crippen LogP) is 1.66. The highest BCUT2D eigenvalue weighted by molar-refractivity contribution is 5.80. The number of benzene rings is 1. The highest BCUT2D eigenvalue weighted by Gasteiger charge is 2.15. The van der Waals surface area contributed by atoms with E-state index in [1.54, 1.807) is 4.57 Å². The van der Waals surface area contributed by atoms with Gasteiger partial charge in [-0.25, -0.2) is 4.68 Å². The molecule has 2 heterocycles. The summed E-state index contributed by atoms with van der Waals surface area (Å²) in [5.74, 6) is 0. The molecule has 0 atom stereocenters. The van der Waals surface area contributed by atoms with Crippen LogP contribution in [-0.4, -0.2) is 39.9 Å². The molecular formula is C18H22N4O2. The number of rotatable bonds is 4. The fourth-order valence-corrected chi connectivity index (χ4v) is 2.97. The number of hydrogen-bond acceptors (Lipinski definition) is 3. The first kappa shape index (κ1) is 16.3. The Kier molecular flexibility index (Phi) is 4.15. The van der Waals surface area contributed by atoms with Crippen molar-refractivity contribution in [2.75, 3.05) is 20.6 Å². The molecule has 0 saturated carbocycles. The Morgan fingerprint density at radius 1 is 1.12 bits per heavy atom. The second kappa shape index (κ2) is 6.13. The van der Waals surface area contributed by atoms with E-state index in [1.165, 1.54) is 10.7 Å². The lowest BCUT2D eigenvalue weighted by atomic mass is 10.2. The van der Waals surface area contributed by atoms with Crippen molar-refractivity contribution in [3.63, 3.8) is 0 Å². The number of aromatic amines is 1.